The average molecular weight is 313 g/mol. The van der Waals surface area contributed by atoms with Crippen LogP contribution < -0.4 is 5.32 Å². The van der Waals surface area contributed by atoms with Crippen molar-refractivity contribution in [1.29, 1.82) is 0 Å². The van der Waals surface area contributed by atoms with Crippen molar-refractivity contribution in [1.82, 2.24) is 14.8 Å². The van der Waals surface area contributed by atoms with Crippen LogP contribution in [0, 0.1) is 13.8 Å². The van der Waals surface area contributed by atoms with E-state index in [1.807, 2.05) is 6.92 Å². The van der Waals surface area contributed by atoms with Crippen molar-refractivity contribution in [2.24, 2.45) is 0 Å². The van der Waals surface area contributed by atoms with E-state index in [9.17, 15) is 4.79 Å². The largest absolute Gasteiger partial charge is 0.298 e. The van der Waals surface area contributed by atoms with Gasteiger partial charge in [-0.1, -0.05) is 24.9 Å². The molecule has 1 N–H and O–H groups in total. The van der Waals surface area contributed by atoms with Crippen molar-refractivity contribution >= 4 is 34.0 Å². The lowest BCUT2D eigenvalue weighted by atomic mass is 10.2. The molecule has 0 aliphatic heterocycles. The molecule has 0 spiro atoms. The van der Waals surface area contributed by atoms with E-state index in [-0.39, 0.29) is 5.91 Å². The second-order valence-corrected chi connectivity index (χ2v) is 6.15. The Kier molecular flexibility index (Phi) is 4.77. The van der Waals surface area contributed by atoms with E-state index >= 15 is 0 Å². The maximum Gasteiger partial charge on any atom is 0.262 e. The number of aryl methyl sites for hydroxylation is 3. The zero-order valence-electron chi connectivity index (χ0n) is 11.7. The van der Waals surface area contributed by atoms with E-state index in [1.165, 1.54) is 11.3 Å². The van der Waals surface area contributed by atoms with Crippen LogP contribution in [0.25, 0.3) is 0 Å². The molecule has 0 saturated heterocycles. The van der Waals surface area contributed by atoms with Crippen LogP contribution in [0.4, 0.5) is 5.13 Å². The third kappa shape index (κ3) is 3.19. The number of carbonyl (C=O) groups excluding carboxylic acids is 1. The minimum atomic E-state index is -0.260. The molecule has 0 aromatic carbocycles. The summed E-state index contributed by atoms with van der Waals surface area (Å²) >= 11 is 7.68. The van der Waals surface area contributed by atoms with Gasteiger partial charge in [-0.3, -0.25) is 14.8 Å². The molecule has 20 heavy (non-hydrogen) atoms. The number of aromatic nitrogens is 3. The molecule has 0 unspecified atom stereocenters. The summed E-state index contributed by atoms with van der Waals surface area (Å²) < 4.78 is 1.68. The van der Waals surface area contributed by atoms with Gasteiger partial charge in [0.05, 0.1) is 11.3 Å². The molecule has 0 radical (unpaired) electrons. The summed E-state index contributed by atoms with van der Waals surface area (Å²) in [6, 6.07) is 0. The predicted molar refractivity (Wildman–Crippen MR) is 81.7 cm³/mol. The first-order chi connectivity index (χ1) is 9.52. The van der Waals surface area contributed by atoms with E-state index < -0.39 is 0 Å². The molecule has 2 aromatic heterocycles. The van der Waals surface area contributed by atoms with Gasteiger partial charge in [-0.25, -0.2) is 4.98 Å². The summed E-state index contributed by atoms with van der Waals surface area (Å²) in [6.45, 7) is 6.55. The maximum absolute atomic E-state index is 12.3. The zero-order valence-corrected chi connectivity index (χ0v) is 13.3. The van der Waals surface area contributed by atoms with Gasteiger partial charge in [0.15, 0.2) is 5.13 Å². The first-order valence-electron chi connectivity index (χ1n) is 6.49. The van der Waals surface area contributed by atoms with Gasteiger partial charge in [0.2, 0.25) is 0 Å². The second-order valence-electron chi connectivity index (χ2n) is 4.56. The molecular weight excluding hydrogens is 296 g/mol. The topological polar surface area (TPSA) is 59.8 Å². The number of carbonyl (C=O) groups is 1. The number of halogens is 1. The molecule has 7 heteroatoms. The number of nitrogens with one attached hydrogen (secondary N) is 1. The summed E-state index contributed by atoms with van der Waals surface area (Å²) in [4.78, 5) is 17.4. The Balaban J connectivity index is 2.19. The van der Waals surface area contributed by atoms with Crippen molar-refractivity contribution in [3.05, 3.63) is 27.5 Å². The quantitative estimate of drug-likeness (QED) is 0.916. The molecule has 108 valence electrons. The molecule has 0 fully saturated rings. The standard InChI is InChI=1S/C13H17ClN4OS/c1-4-5-6-18-11(14)10(9(3)17-18)12(19)16-13-15-7-8(2)20-13/h7H,4-6H2,1-3H3,(H,15,16,19). The van der Waals surface area contributed by atoms with Crippen LogP contribution in [0.2, 0.25) is 5.15 Å². The van der Waals surface area contributed by atoms with Crippen molar-refractivity contribution < 1.29 is 4.79 Å². The van der Waals surface area contributed by atoms with Crippen LogP contribution in [-0.2, 0) is 6.54 Å². The second kappa shape index (κ2) is 6.37. The molecule has 0 aliphatic rings. The van der Waals surface area contributed by atoms with Crippen LogP contribution in [0.15, 0.2) is 6.20 Å². The highest BCUT2D eigenvalue weighted by atomic mass is 35.5. The lowest BCUT2D eigenvalue weighted by Gasteiger charge is -2.03. The van der Waals surface area contributed by atoms with Crippen molar-refractivity contribution in [3.8, 4) is 0 Å². The lowest BCUT2D eigenvalue weighted by Crippen LogP contribution is -2.13. The predicted octanol–water partition coefficient (Wildman–Crippen LogP) is 3.66. The van der Waals surface area contributed by atoms with E-state index in [0.29, 0.717) is 21.5 Å². The van der Waals surface area contributed by atoms with E-state index in [1.54, 1.807) is 17.8 Å². The fraction of sp³-hybridized carbons (Fsp3) is 0.462. The van der Waals surface area contributed by atoms with Crippen LogP contribution in [0.5, 0.6) is 0 Å². The van der Waals surface area contributed by atoms with E-state index in [2.05, 4.69) is 22.3 Å². The van der Waals surface area contributed by atoms with Gasteiger partial charge in [0, 0.05) is 17.6 Å². The molecule has 0 aliphatic carbocycles. The molecule has 0 saturated carbocycles. The smallest absolute Gasteiger partial charge is 0.262 e. The Morgan fingerprint density at radius 3 is 2.85 bits per heavy atom. The zero-order chi connectivity index (χ0) is 14.7. The fourth-order valence-electron chi connectivity index (χ4n) is 1.84. The van der Waals surface area contributed by atoms with Gasteiger partial charge in [0.25, 0.3) is 5.91 Å². The SMILES string of the molecule is CCCCn1nc(C)c(C(=O)Nc2ncc(C)s2)c1Cl. The van der Waals surface area contributed by atoms with Gasteiger partial charge in [-0.05, 0) is 20.3 Å². The molecule has 5 nitrogen and oxygen atoms in total. The third-order valence-corrected chi connectivity index (χ3v) is 4.07. The van der Waals surface area contributed by atoms with E-state index in [4.69, 9.17) is 11.6 Å². The van der Waals surface area contributed by atoms with E-state index in [0.717, 1.165) is 24.3 Å². The average Bonchev–Trinajstić information content (AvgIpc) is 2.91. The maximum atomic E-state index is 12.3. The number of anilines is 1. The van der Waals surface area contributed by atoms with Crippen LogP contribution >= 0.6 is 22.9 Å². The monoisotopic (exact) mass is 312 g/mol. The number of amides is 1. The van der Waals surface area contributed by atoms with Crippen molar-refractivity contribution in [2.45, 2.75) is 40.2 Å². The summed E-state index contributed by atoms with van der Waals surface area (Å²) in [5.41, 5.74) is 1.06. The normalized spacial score (nSPS) is 10.8. The molecule has 0 bridgehead atoms. The molecule has 2 rings (SSSR count). The molecule has 2 heterocycles. The summed E-state index contributed by atoms with van der Waals surface area (Å²) in [7, 11) is 0. The number of rotatable bonds is 5. The van der Waals surface area contributed by atoms with Crippen molar-refractivity contribution in [2.75, 3.05) is 5.32 Å². The highest BCUT2D eigenvalue weighted by molar-refractivity contribution is 7.15. The van der Waals surface area contributed by atoms with Crippen molar-refractivity contribution in [3.63, 3.8) is 0 Å². The summed E-state index contributed by atoms with van der Waals surface area (Å²) in [5, 5.41) is 8.05. The Bertz CT molecular complexity index is 620. The molecule has 1 amide bonds. The minimum absolute atomic E-state index is 0.260. The van der Waals surface area contributed by atoms with Gasteiger partial charge >= 0.3 is 0 Å². The van der Waals surface area contributed by atoms with Crippen LogP contribution in [0.3, 0.4) is 0 Å². The number of thiazole rings is 1. The molecule has 2 aromatic rings. The molecular formula is C13H17ClN4OS. The Morgan fingerprint density at radius 1 is 1.50 bits per heavy atom. The van der Waals surface area contributed by atoms with Crippen LogP contribution in [0.1, 0.15) is 40.7 Å². The van der Waals surface area contributed by atoms with Crippen LogP contribution in [-0.4, -0.2) is 20.7 Å². The first kappa shape index (κ1) is 15.0. The fourth-order valence-corrected chi connectivity index (χ4v) is 2.84. The molecule has 0 atom stereocenters. The van der Waals surface area contributed by atoms with Gasteiger partial charge in [-0.2, -0.15) is 5.10 Å². The third-order valence-electron chi connectivity index (χ3n) is 2.86. The highest BCUT2D eigenvalue weighted by Gasteiger charge is 2.20. The summed E-state index contributed by atoms with van der Waals surface area (Å²) in [6.07, 6.45) is 3.75. The van der Waals surface area contributed by atoms with Gasteiger partial charge < -0.3 is 0 Å². The van der Waals surface area contributed by atoms with Gasteiger partial charge in [-0.15, -0.1) is 11.3 Å². The number of nitrogens with zero attached hydrogens (tertiary/aromatic N) is 3. The lowest BCUT2D eigenvalue weighted by molar-refractivity contribution is 0.102. The minimum Gasteiger partial charge on any atom is -0.298 e. The Hall–Kier alpha value is -1.40. The number of unbranched alkanes of at least 4 members (excludes halogenated alkanes) is 1. The van der Waals surface area contributed by atoms with Gasteiger partial charge in [0.1, 0.15) is 5.15 Å². The Morgan fingerprint density at radius 2 is 2.25 bits per heavy atom. The number of hydrogen-bond donors (Lipinski definition) is 1. The Labute approximate surface area is 127 Å². The highest BCUT2D eigenvalue weighted by Crippen LogP contribution is 2.23. The number of hydrogen-bond acceptors (Lipinski definition) is 4. The summed E-state index contributed by atoms with van der Waals surface area (Å²) in [5.74, 6) is -0.260. The first-order valence-corrected chi connectivity index (χ1v) is 7.69.